The highest BCUT2D eigenvalue weighted by molar-refractivity contribution is 5.18. The van der Waals surface area contributed by atoms with E-state index in [9.17, 15) is 22.0 Å². The average molecular weight is 371 g/mol. The van der Waals surface area contributed by atoms with E-state index in [-0.39, 0.29) is 0 Å². The number of alkyl halides is 3. The molecular formula is C18H18F5N3. The average Bonchev–Trinajstić information content (AvgIpc) is 2.55. The number of halogens is 5. The summed E-state index contributed by atoms with van der Waals surface area (Å²) < 4.78 is 64.1. The molecule has 0 spiro atoms. The second-order valence-electron chi connectivity index (χ2n) is 6.37. The van der Waals surface area contributed by atoms with E-state index in [4.69, 9.17) is 0 Å². The zero-order chi connectivity index (χ0) is 18.7. The van der Waals surface area contributed by atoms with Crippen molar-refractivity contribution in [3.05, 3.63) is 65.0 Å². The monoisotopic (exact) mass is 371 g/mol. The van der Waals surface area contributed by atoms with Crippen molar-refractivity contribution in [2.24, 2.45) is 0 Å². The van der Waals surface area contributed by atoms with Gasteiger partial charge in [0, 0.05) is 51.5 Å². The number of piperazine rings is 1. The van der Waals surface area contributed by atoms with Crippen molar-refractivity contribution in [2.75, 3.05) is 26.2 Å². The number of aromatic nitrogens is 1. The van der Waals surface area contributed by atoms with Crippen molar-refractivity contribution in [1.82, 2.24) is 14.8 Å². The van der Waals surface area contributed by atoms with Crippen LogP contribution in [-0.2, 0) is 19.3 Å². The molecule has 0 radical (unpaired) electrons. The first-order chi connectivity index (χ1) is 12.3. The molecule has 140 valence electrons. The maximum Gasteiger partial charge on any atom is 0.417 e. The minimum atomic E-state index is -4.38. The number of hydrogen-bond donors (Lipinski definition) is 0. The smallest absolute Gasteiger partial charge is 0.297 e. The Morgan fingerprint density at radius 2 is 1.42 bits per heavy atom. The summed E-state index contributed by atoms with van der Waals surface area (Å²) in [5, 5.41) is 0. The topological polar surface area (TPSA) is 19.4 Å². The van der Waals surface area contributed by atoms with Crippen molar-refractivity contribution < 1.29 is 22.0 Å². The quantitative estimate of drug-likeness (QED) is 0.764. The Labute approximate surface area is 148 Å². The van der Waals surface area contributed by atoms with Gasteiger partial charge in [0.15, 0.2) is 0 Å². The third-order valence-electron chi connectivity index (χ3n) is 4.33. The second-order valence-corrected chi connectivity index (χ2v) is 6.37. The molecule has 26 heavy (non-hydrogen) atoms. The molecule has 1 aromatic heterocycles. The molecular weight excluding hydrogens is 353 g/mol. The van der Waals surface area contributed by atoms with E-state index in [0.717, 1.165) is 18.3 Å². The molecule has 0 aliphatic carbocycles. The van der Waals surface area contributed by atoms with E-state index in [1.54, 1.807) is 0 Å². The fraction of sp³-hybridized carbons (Fsp3) is 0.389. The van der Waals surface area contributed by atoms with Gasteiger partial charge in [0.2, 0.25) is 0 Å². The lowest BCUT2D eigenvalue weighted by molar-refractivity contribution is -0.137. The van der Waals surface area contributed by atoms with Gasteiger partial charge in [-0.05, 0) is 29.8 Å². The van der Waals surface area contributed by atoms with Crippen LogP contribution in [-0.4, -0.2) is 41.0 Å². The molecule has 0 amide bonds. The van der Waals surface area contributed by atoms with Crippen LogP contribution in [0.3, 0.4) is 0 Å². The van der Waals surface area contributed by atoms with Gasteiger partial charge in [0.1, 0.15) is 11.6 Å². The molecule has 1 fully saturated rings. The molecule has 1 aromatic carbocycles. The Balaban J connectivity index is 1.50. The largest absolute Gasteiger partial charge is 0.417 e. The van der Waals surface area contributed by atoms with Crippen LogP contribution in [0, 0.1) is 11.6 Å². The van der Waals surface area contributed by atoms with Crippen LogP contribution in [0.4, 0.5) is 22.0 Å². The van der Waals surface area contributed by atoms with Crippen LogP contribution < -0.4 is 0 Å². The molecule has 0 saturated carbocycles. The van der Waals surface area contributed by atoms with E-state index < -0.39 is 23.4 Å². The van der Waals surface area contributed by atoms with Crippen molar-refractivity contribution in [2.45, 2.75) is 19.3 Å². The maximum atomic E-state index is 13.2. The van der Waals surface area contributed by atoms with Gasteiger partial charge in [-0.3, -0.25) is 14.8 Å². The summed E-state index contributed by atoms with van der Waals surface area (Å²) in [6, 6.07) is 5.92. The number of nitrogens with zero attached hydrogens (tertiary/aromatic N) is 3. The standard InChI is InChI=1S/C18H18F5N3/c19-15-7-13(8-16(20)9-15)11-25-3-5-26(6-4-25)12-17-2-1-14(10-24-17)18(21,22)23/h1-2,7-10H,3-6,11-12H2. The number of benzene rings is 1. The van der Waals surface area contributed by atoms with E-state index in [2.05, 4.69) is 14.8 Å². The first-order valence-electron chi connectivity index (χ1n) is 8.21. The third kappa shape index (κ3) is 4.98. The molecule has 0 unspecified atom stereocenters. The highest BCUT2D eigenvalue weighted by Crippen LogP contribution is 2.28. The second kappa shape index (κ2) is 7.67. The molecule has 0 bridgehead atoms. The molecule has 2 aromatic rings. The van der Waals surface area contributed by atoms with Gasteiger partial charge in [-0.2, -0.15) is 13.2 Å². The Hall–Kier alpha value is -2.06. The highest BCUT2D eigenvalue weighted by atomic mass is 19.4. The zero-order valence-electron chi connectivity index (χ0n) is 13.9. The molecule has 3 rings (SSSR count). The molecule has 1 saturated heterocycles. The van der Waals surface area contributed by atoms with Crippen LogP contribution >= 0.6 is 0 Å². The van der Waals surface area contributed by atoms with Crippen molar-refractivity contribution >= 4 is 0 Å². The Morgan fingerprint density at radius 1 is 0.846 bits per heavy atom. The number of pyridine rings is 1. The van der Waals surface area contributed by atoms with Crippen molar-refractivity contribution in [3.8, 4) is 0 Å². The van der Waals surface area contributed by atoms with Gasteiger partial charge in [-0.15, -0.1) is 0 Å². The summed E-state index contributed by atoms with van der Waals surface area (Å²) in [5.41, 5.74) is 0.410. The summed E-state index contributed by atoms with van der Waals surface area (Å²) in [7, 11) is 0. The van der Waals surface area contributed by atoms with Crippen LogP contribution in [0.15, 0.2) is 36.5 Å². The van der Waals surface area contributed by atoms with E-state index in [1.807, 2.05) is 0 Å². The van der Waals surface area contributed by atoms with E-state index in [1.165, 1.54) is 18.2 Å². The maximum absolute atomic E-state index is 13.2. The Morgan fingerprint density at radius 3 is 1.92 bits per heavy atom. The third-order valence-corrected chi connectivity index (χ3v) is 4.33. The van der Waals surface area contributed by atoms with Gasteiger partial charge in [-0.1, -0.05) is 0 Å². The van der Waals surface area contributed by atoms with Crippen LogP contribution in [0.5, 0.6) is 0 Å². The Kier molecular flexibility index (Phi) is 5.52. The predicted octanol–water partition coefficient (Wildman–Crippen LogP) is 3.70. The van der Waals surface area contributed by atoms with Crippen molar-refractivity contribution in [3.63, 3.8) is 0 Å². The van der Waals surface area contributed by atoms with E-state index >= 15 is 0 Å². The van der Waals surface area contributed by atoms with Gasteiger partial charge >= 0.3 is 6.18 Å². The van der Waals surface area contributed by atoms with Gasteiger partial charge in [0.25, 0.3) is 0 Å². The fourth-order valence-corrected chi connectivity index (χ4v) is 2.98. The Bertz CT molecular complexity index is 717. The molecule has 0 atom stereocenters. The summed E-state index contributed by atoms with van der Waals surface area (Å²) in [6.07, 6.45) is -3.53. The lowest BCUT2D eigenvalue weighted by atomic mass is 10.2. The summed E-state index contributed by atoms with van der Waals surface area (Å²) in [6.45, 7) is 3.76. The highest BCUT2D eigenvalue weighted by Gasteiger charge is 2.30. The minimum Gasteiger partial charge on any atom is -0.297 e. The molecule has 1 aliphatic heterocycles. The van der Waals surface area contributed by atoms with Crippen LogP contribution in [0.1, 0.15) is 16.8 Å². The molecule has 2 heterocycles. The van der Waals surface area contributed by atoms with Gasteiger partial charge in [0.05, 0.1) is 11.3 Å². The first kappa shape index (κ1) is 18.7. The van der Waals surface area contributed by atoms with Gasteiger partial charge in [-0.25, -0.2) is 8.78 Å². The van der Waals surface area contributed by atoms with Crippen molar-refractivity contribution in [1.29, 1.82) is 0 Å². The molecule has 1 aliphatic rings. The molecule has 0 N–H and O–H groups in total. The summed E-state index contributed by atoms with van der Waals surface area (Å²) in [5.74, 6) is -1.18. The predicted molar refractivity (Wildman–Crippen MR) is 86.2 cm³/mol. The van der Waals surface area contributed by atoms with Crippen LogP contribution in [0.2, 0.25) is 0 Å². The normalized spacial score (nSPS) is 16.8. The van der Waals surface area contributed by atoms with Crippen LogP contribution in [0.25, 0.3) is 0 Å². The zero-order valence-corrected chi connectivity index (χ0v) is 13.9. The molecule has 3 nitrogen and oxygen atoms in total. The minimum absolute atomic E-state index is 0.459. The summed E-state index contributed by atoms with van der Waals surface area (Å²) in [4.78, 5) is 8.07. The SMILES string of the molecule is Fc1cc(F)cc(CN2CCN(Cc3ccc(C(F)(F)F)cn3)CC2)c1. The lowest BCUT2D eigenvalue weighted by Gasteiger charge is -2.34. The first-order valence-corrected chi connectivity index (χ1v) is 8.21. The van der Waals surface area contributed by atoms with E-state index in [0.29, 0.717) is 50.5 Å². The number of hydrogen-bond acceptors (Lipinski definition) is 3. The lowest BCUT2D eigenvalue weighted by Crippen LogP contribution is -2.45. The number of rotatable bonds is 4. The summed E-state index contributed by atoms with van der Waals surface area (Å²) >= 11 is 0. The molecule has 8 heteroatoms. The van der Waals surface area contributed by atoms with Gasteiger partial charge < -0.3 is 0 Å². The fourth-order valence-electron chi connectivity index (χ4n) is 2.98.